The molecule has 0 bridgehead atoms. The van der Waals surface area contributed by atoms with Crippen LogP contribution in [0.1, 0.15) is 20.8 Å². The number of hydrogen-bond acceptors (Lipinski definition) is 4. The minimum Gasteiger partial charge on any atom is -0.459 e. The highest BCUT2D eigenvalue weighted by molar-refractivity contribution is 6.27. The third-order valence-corrected chi connectivity index (χ3v) is 1.59. The first kappa shape index (κ1) is 14.2. The average molecular weight is 237 g/mol. The largest absolute Gasteiger partial charge is 0.459 e. The van der Waals surface area contributed by atoms with Crippen molar-refractivity contribution < 1.29 is 14.3 Å². The Morgan fingerprint density at radius 1 is 1.47 bits per heavy atom. The summed E-state index contributed by atoms with van der Waals surface area (Å²) in [5.74, 6) is -1.06. The maximum Gasteiger partial charge on any atom is 0.325 e. The molecule has 0 spiro atoms. The van der Waals surface area contributed by atoms with E-state index in [2.05, 4.69) is 5.32 Å². The summed E-state index contributed by atoms with van der Waals surface area (Å²) in [4.78, 5) is 22.1. The van der Waals surface area contributed by atoms with Crippen molar-refractivity contribution in [2.24, 2.45) is 5.73 Å². The second-order valence-corrected chi connectivity index (χ2v) is 4.34. The number of nitrogens with two attached hydrogens (primary N) is 1. The fourth-order valence-electron chi connectivity index (χ4n) is 0.732. The van der Waals surface area contributed by atoms with Crippen LogP contribution in [0.3, 0.4) is 0 Å². The number of carbonyl (C=O) groups is 2. The van der Waals surface area contributed by atoms with Gasteiger partial charge in [0.05, 0.1) is 0 Å². The van der Waals surface area contributed by atoms with Crippen molar-refractivity contribution in [2.75, 3.05) is 12.4 Å². The van der Waals surface area contributed by atoms with Gasteiger partial charge in [0.25, 0.3) is 0 Å². The highest BCUT2D eigenvalue weighted by Gasteiger charge is 2.22. The number of rotatable bonds is 4. The van der Waals surface area contributed by atoms with E-state index < -0.39 is 17.6 Å². The fraction of sp³-hybridized carbons (Fsp3) is 0.778. The summed E-state index contributed by atoms with van der Waals surface area (Å²) in [6, 6.07) is -0.864. The number of halogens is 1. The Kier molecular flexibility index (Phi) is 5.60. The number of esters is 1. The molecular formula is C9H17ClN2O3. The molecule has 88 valence electrons. The Morgan fingerprint density at radius 3 is 2.40 bits per heavy atom. The van der Waals surface area contributed by atoms with Crippen LogP contribution in [-0.2, 0) is 14.3 Å². The van der Waals surface area contributed by atoms with Crippen LogP contribution in [0.2, 0.25) is 0 Å². The minimum absolute atomic E-state index is 0.0282. The first-order chi connectivity index (χ1) is 6.76. The topological polar surface area (TPSA) is 81.4 Å². The van der Waals surface area contributed by atoms with Gasteiger partial charge in [-0.3, -0.25) is 9.59 Å². The summed E-state index contributed by atoms with van der Waals surface area (Å²) in [5.41, 5.74) is 4.92. The number of amides is 1. The first-order valence-corrected chi connectivity index (χ1v) is 5.11. The normalized spacial score (nSPS) is 13.1. The second-order valence-electron chi connectivity index (χ2n) is 4.08. The van der Waals surface area contributed by atoms with Crippen molar-refractivity contribution in [1.29, 1.82) is 0 Å². The SMILES string of the molecule is CC(C)(C)OC(=O)C(N)CNC(=O)CCl. The summed E-state index contributed by atoms with van der Waals surface area (Å²) in [6.45, 7) is 5.26. The van der Waals surface area contributed by atoms with Crippen LogP contribution >= 0.6 is 11.6 Å². The number of hydrogen-bond donors (Lipinski definition) is 2. The van der Waals surface area contributed by atoms with E-state index in [0.29, 0.717) is 0 Å². The number of carbonyl (C=O) groups excluding carboxylic acids is 2. The summed E-state index contributed by atoms with van der Waals surface area (Å²) >= 11 is 5.25. The van der Waals surface area contributed by atoms with E-state index in [1.807, 2.05) is 0 Å². The lowest BCUT2D eigenvalue weighted by atomic mass is 10.2. The lowest BCUT2D eigenvalue weighted by Crippen LogP contribution is -2.45. The molecule has 0 heterocycles. The van der Waals surface area contributed by atoms with Gasteiger partial charge in [-0.2, -0.15) is 0 Å². The van der Waals surface area contributed by atoms with Crippen LogP contribution in [0.25, 0.3) is 0 Å². The molecule has 0 fully saturated rings. The first-order valence-electron chi connectivity index (χ1n) is 4.57. The number of nitrogens with one attached hydrogen (secondary N) is 1. The standard InChI is InChI=1S/C9H17ClN2O3/c1-9(2,3)15-8(14)6(11)5-12-7(13)4-10/h6H,4-5,11H2,1-3H3,(H,12,13). The Hall–Kier alpha value is -0.810. The molecule has 15 heavy (non-hydrogen) atoms. The molecule has 0 aromatic rings. The van der Waals surface area contributed by atoms with Gasteiger partial charge < -0.3 is 15.8 Å². The van der Waals surface area contributed by atoms with Crippen molar-refractivity contribution in [3.05, 3.63) is 0 Å². The number of ether oxygens (including phenoxy) is 1. The molecule has 1 atom stereocenters. The van der Waals surface area contributed by atoms with Gasteiger partial charge in [0.2, 0.25) is 5.91 Å². The van der Waals surface area contributed by atoms with Crippen molar-refractivity contribution in [3.8, 4) is 0 Å². The van der Waals surface area contributed by atoms with Gasteiger partial charge in [-0.15, -0.1) is 11.6 Å². The van der Waals surface area contributed by atoms with Gasteiger partial charge in [0.1, 0.15) is 17.5 Å². The lowest BCUT2D eigenvalue weighted by molar-refractivity contribution is -0.156. The van der Waals surface area contributed by atoms with E-state index in [1.54, 1.807) is 20.8 Å². The third kappa shape index (κ3) is 7.16. The molecule has 0 saturated heterocycles. The molecule has 1 unspecified atom stereocenters. The second kappa shape index (κ2) is 5.92. The van der Waals surface area contributed by atoms with Crippen LogP contribution in [0.5, 0.6) is 0 Å². The molecule has 0 aliphatic rings. The highest BCUT2D eigenvalue weighted by atomic mass is 35.5. The van der Waals surface area contributed by atoms with Crippen LogP contribution in [0, 0.1) is 0 Å². The highest BCUT2D eigenvalue weighted by Crippen LogP contribution is 2.07. The molecule has 0 aromatic heterocycles. The monoisotopic (exact) mass is 236 g/mol. The van der Waals surface area contributed by atoms with Crippen molar-refractivity contribution in [2.45, 2.75) is 32.4 Å². The minimum atomic E-state index is -0.864. The van der Waals surface area contributed by atoms with Gasteiger partial charge in [-0.25, -0.2) is 0 Å². The zero-order valence-electron chi connectivity index (χ0n) is 9.17. The van der Waals surface area contributed by atoms with E-state index in [4.69, 9.17) is 22.1 Å². The Morgan fingerprint density at radius 2 is 2.00 bits per heavy atom. The lowest BCUT2D eigenvalue weighted by Gasteiger charge is -2.22. The summed E-state index contributed by atoms with van der Waals surface area (Å²) in [5, 5.41) is 2.40. The Balaban J connectivity index is 3.95. The molecule has 6 heteroatoms. The molecule has 3 N–H and O–H groups in total. The predicted molar refractivity (Wildman–Crippen MR) is 57.6 cm³/mol. The van der Waals surface area contributed by atoms with Gasteiger partial charge in [-0.05, 0) is 20.8 Å². The Labute approximate surface area is 94.3 Å². The summed E-state index contributed by atoms with van der Waals surface area (Å²) in [7, 11) is 0. The summed E-state index contributed by atoms with van der Waals surface area (Å²) < 4.78 is 5.02. The van der Waals surface area contributed by atoms with E-state index in [-0.39, 0.29) is 18.3 Å². The van der Waals surface area contributed by atoms with Gasteiger partial charge in [-0.1, -0.05) is 0 Å². The van der Waals surface area contributed by atoms with E-state index >= 15 is 0 Å². The molecular weight excluding hydrogens is 220 g/mol. The molecule has 5 nitrogen and oxygen atoms in total. The third-order valence-electron chi connectivity index (χ3n) is 1.35. The van der Waals surface area contributed by atoms with Crippen molar-refractivity contribution in [3.63, 3.8) is 0 Å². The van der Waals surface area contributed by atoms with Crippen LogP contribution in [0.4, 0.5) is 0 Å². The van der Waals surface area contributed by atoms with Gasteiger partial charge >= 0.3 is 5.97 Å². The van der Waals surface area contributed by atoms with E-state index in [0.717, 1.165) is 0 Å². The predicted octanol–water partition coefficient (Wildman–Crippen LogP) is 0.0104. The van der Waals surface area contributed by atoms with E-state index in [9.17, 15) is 9.59 Å². The quantitative estimate of drug-likeness (QED) is 0.532. The average Bonchev–Trinajstić information content (AvgIpc) is 2.10. The van der Waals surface area contributed by atoms with Gasteiger partial charge in [0.15, 0.2) is 0 Å². The van der Waals surface area contributed by atoms with Crippen molar-refractivity contribution >= 4 is 23.5 Å². The molecule has 0 aliphatic heterocycles. The zero-order valence-corrected chi connectivity index (χ0v) is 9.93. The molecule has 0 aliphatic carbocycles. The van der Waals surface area contributed by atoms with Crippen LogP contribution < -0.4 is 11.1 Å². The smallest absolute Gasteiger partial charge is 0.325 e. The molecule has 1 amide bonds. The Bertz CT molecular complexity index is 238. The van der Waals surface area contributed by atoms with Crippen LogP contribution in [0.15, 0.2) is 0 Å². The molecule has 0 rings (SSSR count). The van der Waals surface area contributed by atoms with Gasteiger partial charge in [0, 0.05) is 6.54 Å². The maximum absolute atomic E-state index is 11.3. The maximum atomic E-state index is 11.3. The van der Waals surface area contributed by atoms with Crippen molar-refractivity contribution in [1.82, 2.24) is 5.32 Å². The number of alkyl halides is 1. The zero-order chi connectivity index (χ0) is 12.1. The van der Waals surface area contributed by atoms with Crippen LogP contribution in [-0.4, -0.2) is 35.9 Å². The fourth-order valence-corrected chi connectivity index (χ4v) is 0.826. The molecule has 0 radical (unpaired) electrons. The summed E-state index contributed by atoms with van der Waals surface area (Å²) in [6.07, 6.45) is 0. The van der Waals surface area contributed by atoms with E-state index in [1.165, 1.54) is 0 Å². The molecule has 0 saturated carbocycles. The molecule has 0 aromatic carbocycles.